The number of nitrogens with two attached hydrogens (primary N) is 1. The Balaban J connectivity index is 2.63. The minimum Gasteiger partial charge on any atom is -0.326 e. The molecular weight excluding hydrogens is 286 g/mol. The van der Waals surface area contributed by atoms with Crippen LogP contribution in [0.1, 0.15) is 5.56 Å². The molecule has 0 aliphatic carbocycles. The van der Waals surface area contributed by atoms with Gasteiger partial charge in [0.05, 0.1) is 0 Å². The summed E-state index contributed by atoms with van der Waals surface area (Å²) >= 11 is 9.56. The fourth-order valence-corrected chi connectivity index (χ4v) is 2.33. The zero-order valence-corrected chi connectivity index (χ0v) is 10.9. The highest BCUT2D eigenvalue weighted by molar-refractivity contribution is 9.10. The summed E-state index contributed by atoms with van der Waals surface area (Å²) in [5.74, 6) is 0. The Labute approximate surface area is 108 Å². The quantitative estimate of drug-likeness (QED) is 0.882. The maximum absolute atomic E-state index is 6.02. The molecule has 82 valence electrons. The van der Waals surface area contributed by atoms with Crippen LogP contribution >= 0.6 is 27.5 Å². The van der Waals surface area contributed by atoms with Crippen molar-refractivity contribution in [2.24, 2.45) is 5.73 Å². The summed E-state index contributed by atoms with van der Waals surface area (Å²) in [5.41, 5.74) is 9.03. The smallest absolute Gasteiger partial charge is 0.0412 e. The van der Waals surface area contributed by atoms with Gasteiger partial charge >= 0.3 is 0 Å². The van der Waals surface area contributed by atoms with Crippen molar-refractivity contribution in [2.45, 2.75) is 6.54 Å². The third-order valence-corrected chi connectivity index (χ3v) is 3.38. The third kappa shape index (κ3) is 2.29. The predicted molar refractivity (Wildman–Crippen MR) is 72.5 cm³/mol. The molecule has 0 saturated carbocycles. The Morgan fingerprint density at radius 2 is 1.81 bits per heavy atom. The molecule has 0 radical (unpaired) electrons. The Morgan fingerprint density at radius 1 is 1.06 bits per heavy atom. The van der Waals surface area contributed by atoms with Crippen LogP contribution in [0.15, 0.2) is 46.9 Å². The number of halogens is 2. The van der Waals surface area contributed by atoms with Crippen LogP contribution in [0.4, 0.5) is 0 Å². The first-order valence-corrected chi connectivity index (χ1v) is 6.13. The molecule has 3 heteroatoms. The van der Waals surface area contributed by atoms with Crippen LogP contribution in [0.3, 0.4) is 0 Å². The van der Waals surface area contributed by atoms with E-state index in [9.17, 15) is 0 Å². The second-order valence-electron chi connectivity index (χ2n) is 3.49. The molecule has 0 aliphatic heterocycles. The number of hydrogen-bond acceptors (Lipinski definition) is 1. The van der Waals surface area contributed by atoms with Gasteiger partial charge in [0.25, 0.3) is 0 Å². The Kier molecular flexibility index (Phi) is 3.64. The summed E-state index contributed by atoms with van der Waals surface area (Å²) in [6.45, 7) is 0.508. The van der Waals surface area contributed by atoms with E-state index < -0.39 is 0 Å². The SMILES string of the molecule is NCc1ccc(Cl)cc1-c1ccccc1Br. The summed E-state index contributed by atoms with van der Waals surface area (Å²) in [5, 5.41) is 0.725. The summed E-state index contributed by atoms with van der Waals surface area (Å²) in [7, 11) is 0. The lowest BCUT2D eigenvalue weighted by Gasteiger charge is -2.10. The van der Waals surface area contributed by atoms with E-state index in [0.717, 1.165) is 26.2 Å². The molecule has 16 heavy (non-hydrogen) atoms. The van der Waals surface area contributed by atoms with Gasteiger partial charge in [-0.05, 0) is 34.9 Å². The second-order valence-corrected chi connectivity index (χ2v) is 4.78. The second kappa shape index (κ2) is 5.00. The van der Waals surface area contributed by atoms with E-state index in [1.807, 2.05) is 36.4 Å². The van der Waals surface area contributed by atoms with E-state index in [2.05, 4.69) is 22.0 Å². The highest BCUT2D eigenvalue weighted by Gasteiger charge is 2.07. The van der Waals surface area contributed by atoms with Gasteiger partial charge in [-0.25, -0.2) is 0 Å². The van der Waals surface area contributed by atoms with Crippen molar-refractivity contribution in [1.82, 2.24) is 0 Å². The van der Waals surface area contributed by atoms with Gasteiger partial charge in [0, 0.05) is 16.0 Å². The van der Waals surface area contributed by atoms with E-state index in [1.54, 1.807) is 0 Å². The zero-order valence-electron chi connectivity index (χ0n) is 8.58. The Morgan fingerprint density at radius 3 is 2.50 bits per heavy atom. The molecule has 0 amide bonds. The minimum atomic E-state index is 0.508. The Bertz CT molecular complexity index is 511. The van der Waals surface area contributed by atoms with Crippen LogP contribution in [0, 0.1) is 0 Å². The molecule has 0 aliphatic rings. The van der Waals surface area contributed by atoms with Crippen molar-refractivity contribution in [1.29, 1.82) is 0 Å². The molecule has 0 atom stereocenters. The van der Waals surface area contributed by atoms with Crippen molar-refractivity contribution < 1.29 is 0 Å². The van der Waals surface area contributed by atoms with Gasteiger partial charge in [-0.2, -0.15) is 0 Å². The molecule has 0 unspecified atom stereocenters. The van der Waals surface area contributed by atoms with Crippen molar-refractivity contribution in [3.8, 4) is 11.1 Å². The van der Waals surface area contributed by atoms with Crippen molar-refractivity contribution >= 4 is 27.5 Å². The molecular formula is C13H11BrClN. The van der Waals surface area contributed by atoms with Crippen molar-refractivity contribution in [3.05, 3.63) is 57.5 Å². The highest BCUT2D eigenvalue weighted by atomic mass is 79.9. The molecule has 2 N–H and O–H groups in total. The first-order valence-electron chi connectivity index (χ1n) is 4.96. The number of rotatable bonds is 2. The first-order chi connectivity index (χ1) is 7.72. The zero-order chi connectivity index (χ0) is 11.5. The van der Waals surface area contributed by atoms with Crippen LogP contribution in [-0.4, -0.2) is 0 Å². The average molecular weight is 297 g/mol. The van der Waals surface area contributed by atoms with Gasteiger partial charge in [0.15, 0.2) is 0 Å². The lowest BCUT2D eigenvalue weighted by molar-refractivity contribution is 1.07. The lowest BCUT2D eigenvalue weighted by atomic mass is 10.00. The van der Waals surface area contributed by atoms with Crippen LogP contribution in [0.5, 0.6) is 0 Å². The van der Waals surface area contributed by atoms with Crippen LogP contribution in [0.25, 0.3) is 11.1 Å². The predicted octanol–water partition coefficient (Wildman–Crippen LogP) is 4.23. The fraction of sp³-hybridized carbons (Fsp3) is 0.0769. The maximum atomic E-state index is 6.02. The van der Waals surface area contributed by atoms with E-state index in [-0.39, 0.29) is 0 Å². The molecule has 1 nitrogen and oxygen atoms in total. The highest BCUT2D eigenvalue weighted by Crippen LogP contribution is 2.32. The van der Waals surface area contributed by atoms with E-state index >= 15 is 0 Å². The topological polar surface area (TPSA) is 26.0 Å². The van der Waals surface area contributed by atoms with Crippen LogP contribution in [-0.2, 0) is 6.54 Å². The van der Waals surface area contributed by atoms with Crippen molar-refractivity contribution in [3.63, 3.8) is 0 Å². The van der Waals surface area contributed by atoms with Gasteiger partial charge in [-0.3, -0.25) is 0 Å². The lowest BCUT2D eigenvalue weighted by Crippen LogP contribution is -1.99. The summed E-state index contributed by atoms with van der Waals surface area (Å²) in [6, 6.07) is 13.8. The van der Waals surface area contributed by atoms with Gasteiger partial charge < -0.3 is 5.73 Å². The minimum absolute atomic E-state index is 0.508. The molecule has 2 rings (SSSR count). The molecule has 0 aromatic heterocycles. The molecule has 2 aromatic rings. The summed E-state index contributed by atoms with van der Waals surface area (Å²) in [4.78, 5) is 0. The van der Waals surface area contributed by atoms with Gasteiger partial charge in [0.2, 0.25) is 0 Å². The Hall–Kier alpha value is -0.830. The van der Waals surface area contributed by atoms with E-state index in [4.69, 9.17) is 17.3 Å². The van der Waals surface area contributed by atoms with Gasteiger partial charge in [0.1, 0.15) is 0 Å². The van der Waals surface area contributed by atoms with E-state index in [1.165, 1.54) is 0 Å². The average Bonchev–Trinajstić information content (AvgIpc) is 2.29. The molecule has 2 aromatic carbocycles. The largest absolute Gasteiger partial charge is 0.326 e. The normalized spacial score (nSPS) is 10.4. The van der Waals surface area contributed by atoms with Crippen LogP contribution < -0.4 is 5.73 Å². The fourth-order valence-electron chi connectivity index (χ4n) is 1.66. The summed E-state index contributed by atoms with van der Waals surface area (Å²) < 4.78 is 1.05. The molecule has 0 fully saturated rings. The molecule has 0 bridgehead atoms. The molecule has 0 saturated heterocycles. The summed E-state index contributed by atoms with van der Waals surface area (Å²) in [6.07, 6.45) is 0. The van der Waals surface area contributed by atoms with Crippen LogP contribution in [0.2, 0.25) is 5.02 Å². The molecule has 0 heterocycles. The third-order valence-electron chi connectivity index (χ3n) is 2.46. The molecule has 0 spiro atoms. The number of hydrogen-bond donors (Lipinski definition) is 1. The van der Waals surface area contributed by atoms with Gasteiger partial charge in [-0.15, -0.1) is 0 Å². The maximum Gasteiger partial charge on any atom is 0.0412 e. The monoisotopic (exact) mass is 295 g/mol. The standard InChI is InChI=1S/C13H11BrClN/c14-13-4-2-1-3-11(13)12-7-10(15)6-5-9(12)8-16/h1-7H,8,16H2. The van der Waals surface area contributed by atoms with Crippen molar-refractivity contribution in [2.75, 3.05) is 0 Å². The number of benzene rings is 2. The first kappa shape index (κ1) is 11.6. The van der Waals surface area contributed by atoms with E-state index in [0.29, 0.717) is 6.54 Å². The van der Waals surface area contributed by atoms with Gasteiger partial charge in [-0.1, -0.05) is 51.8 Å².